The number of aromatic nitrogens is 3. The first-order chi connectivity index (χ1) is 23.7. The van der Waals surface area contributed by atoms with Crippen molar-refractivity contribution in [2.45, 2.75) is 36.2 Å². The van der Waals surface area contributed by atoms with E-state index in [4.69, 9.17) is 21.3 Å². The van der Waals surface area contributed by atoms with Gasteiger partial charge in [-0.15, -0.1) is 11.3 Å². The van der Waals surface area contributed by atoms with Crippen LogP contribution < -0.4 is 15.2 Å². The van der Waals surface area contributed by atoms with Crippen molar-refractivity contribution in [3.8, 4) is 22.6 Å². The van der Waals surface area contributed by atoms with E-state index in [1.54, 1.807) is 43.3 Å². The van der Waals surface area contributed by atoms with Crippen molar-refractivity contribution in [2.75, 3.05) is 25.1 Å². The van der Waals surface area contributed by atoms with Gasteiger partial charge in [-0.05, 0) is 68.3 Å². The zero-order valence-electron chi connectivity index (χ0n) is 26.3. The SMILES string of the molecule is COc1ccccc1-n1c(Sc2ccc(C(=O)c3sc(N4CCCCC4)nc3C)cc2[N+](=O)[O-])nc2scc(-c3ccccc3Cl)c2c1=O. The van der Waals surface area contributed by atoms with Gasteiger partial charge in [0, 0.05) is 46.2 Å². The van der Waals surface area contributed by atoms with Gasteiger partial charge < -0.3 is 9.64 Å². The first-order valence-corrected chi connectivity index (χ1v) is 18.3. The molecule has 248 valence electrons. The number of nitro benzene ring substituents is 1. The number of fused-ring (bicyclic) bond motifs is 1. The van der Waals surface area contributed by atoms with Crippen LogP contribution in [0.25, 0.3) is 27.0 Å². The topological polar surface area (TPSA) is 120 Å². The van der Waals surface area contributed by atoms with E-state index in [1.807, 2.05) is 23.6 Å². The van der Waals surface area contributed by atoms with Crippen molar-refractivity contribution in [3.63, 3.8) is 0 Å². The summed E-state index contributed by atoms with van der Waals surface area (Å²) in [6.45, 7) is 3.57. The van der Waals surface area contributed by atoms with Crippen LogP contribution in [0.4, 0.5) is 10.8 Å². The van der Waals surface area contributed by atoms with Gasteiger partial charge in [0.05, 0.1) is 38.6 Å². The third kappa shape index (κ3) is 6.23. The Bertz CT molecular complexity index is 2310. The van der Waals surface area contributed by atoms with Gasteiger partial charge in [-0.3, -0.25) is 24.3 Å². The molecule has 0 N–H and O–H groups in total. The number of thiophene rings is 1. The number of carbonyl (C=O) groups is 1. The van der Waals surface area contributed by atoms with Crippen LogP contribution in [-0.4, -0.2) is 45.4 Å². The Labute approximate surface area is 298 Å². The number of nitrogens with zero attached hydrogens (tertiary/aromatic N) is 5. The molecule has 0 saturated carbocycles. The molecule has 0 bridgehead atoms. The molecule has 4 heterocycles. The van der Waals surface area contributed by atoms with Gasteiger partial charge in [0.25, 0.3) is 11.2 Å². The number of anilines is 1. The number of rotatable bonds is 9. The van der Waals surface area contributed by atoms with Gasteiger partial charge in [-0.2, -0.15) is 0 Å². The number of benzene rings is 3. The number of nitro groups is 1. The average molecular weight is 730 g/mol. The van der Waals surface area contributed by atoms with E-state index in [2.05, 4.69) is 9.88 Å². The molecular weight excluding hydrogens is 702 g/mol. The highest BCUT2D eigenvalue weighted by Gasteiger charge is 2.27. The summed E-state index contributed by atoms with van der Waals surface area (Å²) in [5, 5.41) is 16.2. The predicted octanol–water partition coefficient (Wildman–Crippen LogP) is 8.82. The van der Waals surface area contributed by atoms with Gasteiger partial charge >= 0.3 is 0 Å². The number of piperidine rings is 1. The van der Waals surface area contributed by atoms with Crippen molar-refractivity contribution in [2.24, 2.45) is 0 Å². The van der Waals surface area contributed by atoms with Crippen LogP contribution in [0.2, 0.25) is 5.02 Å². The normalized spacial score (nSPS) is 13.2. The maximum Gasteiger partial charge on any atom is 0.284 e. The van der Waals surface area contributed by atoms with Crippen molar-refractivity contribution < 1.29 is 14.5 Å². The summed E-state index contributed by atoms with van der Waals surface area (Å²) in [4.78, 5) is 53.0. The molecule has 49 heavy (non-hydrogen) atoms. The van der Waals surface area contributed by atoms with Gasteiger partial charge in [-0.1, -0.05) is 53.3 Å². The summed E-state index contributed by atoms with van der Waals surface area (Å²) >= 11 is 10.1. The van der Waals surface area contributed by atoms with E-state index < -0.39 is 4.92 Å². The zero-order valence-corrected chi connectivity index (χ0v) is 29.5. The van der Waals surface area contributed by atoms with Crippen LogP contribution in [0.15, 0.2) is 87.0 Å². The molecule has 0 radical (unpaired) electrons. The quantitative estimate of drug-likeness (QED) is 0.0622. The van der Waals surface area contributed by atoms with E-state index in [0.717, 1.165) is 42.8 Å². The lowest BCUT2D eigenvalue weighted by Gasteiger charge is -2.25. The molecule has 6 aromatic rings. The molecule has 1 saturated heterocycles. The number of para-hydroxylation sites is 2. The van der Waals surface area contributed by atoms with E-state index in [-0.39, 0.29) is 32.6 Å². The molecule has 3 aromatic carbocycles. The summed E-state index contributed by atoms with van der Waals surface area (Å²) in [6, 6.07) is 18.7. The molecule has 3 aromatic heterocycles. The summed E-state index contributed by atoms with van der Waals surface area (Å²) in [6.07, 6.45) is 3.33. The van der Waals surface area contributed by atoms with Crippen LogP contribution >= 0.6 is 46.0 Å². The highest BCUT2D eigenvalue weighted by Crippen LogP contribution is 2.41. The number of aryl methyl sites for hydroxylation is 1. The molecule has 1 aliphatic rings. The minimum atomic E-state index is -0.525. The third-order valence-corrected chi connectivity index (χ3v) is 11.7. The molecule has 1 aliphatic heterocycles. The Kier molecular flexibility index (Phi) is 9.25. The lowest BCUT2D eigenvalue weighted by molar-refractivity contribution is -0.387. The highest BCUT2D eigenvalue weighted by atomic mass is 35.5. The minimum Gasteiger partial charge on any atom is -0.495 e. The molecule has 0 spiro atoms. The molecule has 1 fully saturated rings. The fraction of sp³-hybridized carbons (Fsp3) is 0.200. The number of hydrogen-bond donors (Lipinski definition) is 0. The number of thiazole rings is 1. The average Bonchev–Trinajstić information content (AvgIpc) is 3.72. The van der Waals surface area contributed by atoms with Crippen LogP contribution in [-0.2, 0) is 0 Å². The number of halogens is 1. The van der Waals surface area contributed by atoms with Crippen molar-refractivity contribution in [3.05, 3.63) is 114 Å². The number of carbonyl (C=O) groups excluding carboxylic acids is 1. The first kappa shape index (κ1) is 33.0. The Balaban J connectivity index is 1.32. The van der Waals surface area contributed by atoms with E-state index >= 15 is 0 Å². The Morgan fingerprint density at radius 2 is 1.78 bits per heavy atom. The minimum absolute atomic E-state index is 0.182. The fourth-order valence-electron chi connectivity index (χ4n) is 5.88. The molecule has 10 nitrogen and oxygen atoms in total. The monoisotopic (exact) mass is 729 g/mol. The van der Waals surface area contributed by atoms with Crippen molar-refractivity contribution >= 4 is 72.9 Å². The molecular formula is C35H28ClN5O5S3. The largest absolute Gasteiger partial charge is 0.495 e. The standard InChI is InChI=1S/C35H28ClN5O5S3/c1-20-31(49-34(37-20)39-16-8-3-9-17-39)30(42)21-14-15-28(26(18-21)41(44)45)48-35-38-32-29(23(19-47-32)22-10-4-5-11-24(22)36)33(43)40(35)25-12-6-7-13-27(25)46-2/h4-7,10-15,18-19H,3,8-9,16-17H2,1-2H3. The van der Waals surface area contributed by atoms with Gasteiger partial charge in [0.2, 0.25) is 5.78 Å². The number of hydrogen-bond acceptors (Lipinski definition) is 11. The predicted molar refractivity (Wildman–Crippen MR) is 196 cm³/mol. The summed E-state index contributed by atoms with van der Waals surface area (Å²) in [5.74, 6) is 0.0930. The lowest BCUT2D eigenvalue weighted by Crippen LogP contribution is -2.29. The third-order valence-electron chi connectivity index (χ3n) is 8.30. The van der Waals surface area contributed by atoms with Crippen LogP contribution in [0.1, 0.15) is 40.2 Å². The second kappa shape index (κ2) is 13.7. The molecule has 7 rings (SSSR count). The van der Waals surface area contributed by atoms with Crippen LogP contribution in [0.3, 0.4) is 0 Å². The number of methoxy groups -OCH3 is 1. The molecule has 14 heteroatoms. The Morgan fingerprint density at radius 1 is 1.02 bits per heavy atom. The number of ether oxygens (including phenoxy) is 1. The maximum atomic E-state index is 14.5. The molecule has 0 amide bonds. The second-order valence-corrected chi connectivity index (χ2v) is 14.6. The summed E-state index contributed by atoms with van der Waals surface area (Å²) in [7, 11) is 1.50. The highest BCUT2D eigenvalue weighted by molar-refractivity contribution is 7.99. The van der Waals surface area contributed by atoms with Crippen LogP contribution in [0, 0.1) is 17.0 Å². The van der Waals surface area contributed by atoms with Gasteiger partial charge in [0.1, 0.15) is 10.6 Å². The van der Waals surface area contributed by atoms with E-state index in [0.29, 0.717) is 48.4 Å². The smallest absolute Gasteiger partial charge is 0.284 e. The lowest BCUT2D eigenvalue weighted by atomic mass is 10.1. The fourth-order valence-corrected chi connectivity index (χ4v) is 9.16. The Hall–Kier alpha value is -4.56. The molecule has 0 atom stereocenters. The second-order valence-electron chi connectivity index (χ2n) is 11.3. The van der Waals surface area contributed by atoms with Gasteiger partial charge in [0.15, 0.2) is 10.3 Å². The number of ketones is 1. The van der Waals surface area contributed by atoms with E-state index in [9.17, 15) is 19.7 Å². The van der Waals surface area contributed by atoms with Crippen molar-refractivity contribution in [1.82, 2.24) is 14.5 Å². The summed E-state index contributed by atoms with van der Waals surface area (Å²) < 4.78 is 7.02. The summed E-state index contributed by atoms with van der Waals surface area (Å²) in [5.41, 5.74) is 1.87. The van der Waals surface area contributed by atoms with Crippen LogP contribution in [0.5, 0.6) is 5.75 Å². The Morgan fingerprint density at radius 3 is 2.53 bits per heavy atom. The first-order valence-electron chi connectivity index (χ1n) is 15.4. The zero-order chi connectivity index (χ0) is 34.2. The van der Waals surface area contributed by atoms with Gasteiger partial charge in [-0.25, -0.2) is 9.97 Å². The molecule has 0 unspecified atom stereocenters. The molecule has 0 aliphatic carbocycles. The maximum absolute atomic E-state index is 14.5. The van der Waals surface area contributed by atoms with E-state index in [1.165, 1.54) is 52.9 Å². The van der Waals surface area contributed by atoms with Crippen molar-refractivity contribution in [1.29, 1.82) is 0 Å².